The van der Waals surface area contributed by atoms with Crippen molar-refractivity contribution in [3.05, 3.63) is 36.3 Å². The van der Waals surface area contributed by atoms with Crippen molar-refractivity contribution < 1.29 is 14.2 Å². The molecule has 0 atom stereocenters. The van der Waals surface area contributed by atoms with E-state index in [9.17, 15) is 4.39 Å². The molecule has 2 nitrogen and oxygen atoms in total. The first-order valence-electron chi connectivity index (χ1n) is 3.12. The molecule has 0 rings (SSSR count). The molecule has 1 N–H and O–H groups in total. The van der Waals surface area contributed by atoms with Gasteiger partial charge in [-0.15, -0.1) is 0 Å². The fourth-order valence-electron chi connectivity index (χ4n) is 0.476. The molecule has 0 aliphatic heterocycles. The van der Waals surface area contributed by atoms with Gasteiger partial charge in [-0.05, 0) is 19.1 Å². The minimum Gasteiger partial charge on any atom is -0.508 e. The zero-order valence-corrected chi connectivity index (χ0v) is 6.38. The highest BCUT2D eigenvalue weighted by molar-refractivity contribution is 5.19. The van der Waals surface area contributed by atoms with Crippen LogP contribution < -0.4 is 0 Å². The summed E-state index contributed by atoms with van der Waals surface area (Å²) in [5.41, 5.74) is 0. The van der Waals surface area contributed by atoms with E-state index in [0.717, 1.165) is 0 Å². The van der Waals surface area contributed by atoms with Gasteiger partial charge in [-0.25, -0.2) is 4.39 Å². The molecule has 0 spiro atoms. The number of hydrogen-bond donors (Lipinski definition) is 1. The molecule has 11 heavy (non-hydrogen) atoms. The van der Waals surface area contributed by atoms with Crippen LogP contribution in [-0.2, 0) is 4.74 Å². The minimum absolute atomic E-state index is 0.0495. The summed E-state index contributed by atoms with van der Waals surface area (Å²) in [6, 6.07) is 0. The highest BCUT2D eigenvalue weighted by atomic mass is 19.1. The molecular formula is C8H11FO2. The van der Waals surface area contributed by atoms with Crippen LogP contribution in [0.3, 0.4) is 0 Å². The van der Waals surface area contributed by atoms with Crippen molar-refractivity contribution in [2.45, 2.75) is 6.92 Å². The van der Waals surface area contributed by atoms with Crippen LogP contribution in [0.15, 0.2) is 36.3 Å². The van der Waals surface area contributed by atoms with Crippen molar-refractivity contribution in [2.24, 2.45) is 0 Å². The number of ether oxygens (including phenoxy) is 1. The van der Waals surface area contributed by atoms with Crippen LogP contribution in [0, 0.1) is 0 Å². The summed E-state index contributed by atoms with van der Waals surface area (Å²) in [5.74, 6) is 0.233. The van der Waals surface area contributed by atoms with Gasteiger partial charge in [0.05, 0.1) is 0 Å². The Morgan fingerprint density at radius 1 is 1.73 bits per heavy atom. The number of aliphatic hydroxyl groups is 1. The zero-order chi connectivity index (χ0) is 8.69. The fraction of sp³-hybridized carbons (Fsp3) is 0.250. The molecule has 0 aromatic heterocycles. The molecule has 0 aromatic carbocycles. The van der Waals surface area contributed by atoms with E-state index in [0.29, 0.717) is 0 Å². The van der Waals surface area contributed by atoms with E-state index in [-0.39, 0.29) is 11.5 Å². The lowest BCUT2D eigenvalue weighted by molar-refractivity contribution is 0.123. The number of aliphatic hydroxyl groups excluding tert-OH is 1. The topological polar surface area (TPSA) is 29.5 Å². The van der Waals surface area contributed by atoms with Gasteiger partial charge in [-0.2, -0.15) is 0 Å². The van der Waals surface area contributed by atoms with Crippen LogP contribution in [0.4, 0.5) is 4.39 Å². The van der Waals surface area contributed by atoms with Crippen LogP contribution >= 0.6 is 0 Å². The Bertz CT molecular complexity index is 183. The summed E-state index contributed by atoms with van der Waals surface area (Å²) in [5, 5.41) is 8.89. The molecule has 0 radical (unpaired) electrons. The molecular weight excluding hydrogens is 147 g/mol. The maximum absolute atomic E-state index is 11.6. The quantitative estimate of drug-likeness (QED) is 0.503. The number of halogens is 1. The Morgan fingerprint density at radius 3 is 2.73 bits per heavy atom. The summed E-state index contributed by atoms with van der Waals surface area (Å²) in [4.78, 5) is 0. The van der Waals surface area contributed by atoms with E-state index in [1.165, 1.54) is 12.2 Å². The number of hydrogen-bond acceptors (Lipinski definition) is 2. The molecule has 0 fully saturated rings. The van der Waals surface area contributed by atoms with Gasteiger partial charge < -0.3 is 9.84 Å². The van der Waals surface area contributed by atoms with Gasteiger partial charge in [0.25, 0.3) is 0 Å². The van der Waals surface area contributed by atoms with E-state index in [2.05, 4.69) is 11.3 Å². The van der Waals surface area contributed by atoms with E-state index < -0.39 is 6.86 Å². The lowest BCUT2D eigenvalue weighted by Gasteiger charge is -1.99. The second-order valence-electron chi connectivity index (χ2n) is 1.72. The average molecular weight is 158 g/mol. The minimum atomic E-state index is -0.902. The molecule has 0 amide bonds. The Balaban J connectivity index is 4.18. The molecule has 0 aliphatic carbocycles. The standard InChI is InChI=1S/C8H11FO2/c1-3-7(10)5-8(4-2)11-6-9/h3-5,10H,1,6H2,2H3/b7-5+,8-4+. The van der Waals surface area contributed by atoms with Crippen LogP contribution in [-0.4, -0.2) is 12.0 Å². The van der Waals surface area contributed by atoms with Crippen molar-refractivity contribution in [1.29, 1.82) is 0 Å². The van der Waals surface area contributed by atoms with Gasteiger partial charge in [-0.3, -0.25) is 0 Å². The smallest absolute Gasteiger partial charge is 0.228 e. The third-order valence-corrected chi connectivity index (χ3v) is 1.01. The number of rotatable bonds is 4. The van der Waals surface area contributed by atoms with Gasteiger partial charge in [-0.1, -0.05) is 6.58 Å². The highest BCUT2D eigenvalue weighted by Gasteiger charge is 1.92. The Labute approximate surface area is 65.3 Å². The monoisotopic (exact) mass is 158 g/mol. The average Bonchev–Trinajstić information content (AvgIpc) is 2.03. The van der Waals surface area contributed by atoms with Crippen molar-refractivity contribution >= 4 is 0 Å². The second-order valence-corrected chi connectivity index (χ2v) is 1.72. The van der Waals surface area contributed by atoms with Crippen LogP contribution in [0.2, 0.25) is 0 Å². The molecule has 0 aromatic rings. The number of alkyl halides is 1. The predicted molar refractivity (Wildman–Crippen MR) is 41.7 cm³/mol. The first-order valence-corrected chi connectivity index (χ1v) is 3.12. The maximum Gasteiger partial charge on any atom is 0.228 e. The first kappa shape index (κ1) is 9.75. The largest absolute Gasteiger partial charge is 0.508 e. The van der Waals surface area contributed by atoms with Gasteiger partial charge in [0.2, 0.25) is 6.86 Å². The third kappa shape index (κ3) is 4.19. The predicted octanol–water partition coefficient (Wildman–Crippen LogP) is 2.46. The summed E-state index contributed by atoms with van der Waals surface area (Å²) in [7, 11) is 0. The molecule has 0 aliphatic rings. The van der Waals surface area contributed by atoms with Crippen LogP contribution in [0.25, 0.3) is 0 Å². The van der Waals surface area contributed by atoms with Crippen molar-refractivity contribution in [3.8, 4) is 0 Å². The normalized spacial score (nSPS) is 12.9. The van der Waals surface area contributed by atoms with Crippen LogP contribution in [0.1, 0.15) is 6.92 Å². The van der Waals surface area contributed by atoms with Gasteiger partial charge in [0.1, 0.15) is 11.5 Å². The molecule has 0 unspecified atom stereocenters. The molecule has 62 valence electrons. The van der Waals surface area contributed by atoms with Gasteiger partial charge in [0, 0.05) is 6.08 Å². The Morgan fingerprint density at radius 2 is 2.36 bits per heavy atom. The van der Waals surface area contributed by atoms with Crippen LogP contribution in [0.5, 0.6) is 0 Å². The zero-order valence-electron chi connectivity index (χ0n) is 6.38. The Hall–Kier alpha value is -1.25. The van der Waals surface area contributed by atoms with E-state index in [1.807, 2.05) is 0 Å². The molecule has 0 saturated carbocycles. The van der Waals surface area contributed by atoms with Crippen molar-refractivity contribution in [3.63, 3.8) is 0 Å². The second kappa shape index (κ2) is 5.53. The van der Waals surface area contributed by atoms with E-state index in [1.54, 1.807) is 13.0 Å². The third-order valence-electron chi connectivity index (χ3n) is 1.01. The number of allylic oxidation sites excluding steroid dienone is 3. The summed E-state index contributed by atoms with van der Waals surface area (Å²) < 4.78 is 16.1. The van der Waals surface area contributed by atoms with Crippen molar-refractivity contribution in [1.82, 2.24) is 0 Å². The van der Waals surface area contributed by atoms with Gasteiger partial charge in [0.15, 0.2) is 0 Å². The summed E-state index contributed by atoms with van der Waals surface area (Å²) in [6.07, 6.45) is 4.07. The summed E-state index contributed by atoms with van der Waals surface area (Å²) in [6.45, 7) is 4.09. The summed E-state index contributed by atoms with van der Waals surface area (Å²) >= 11 is 0. The molecule has 0 heterocycles. The highest BCUT2D eigenvalue weighted by Crippen LogP contribution is 2.03. The van der Waals surface area contributed by atoms with E-state index >= 15 is 0 Å². The lowest BCUT2D eigenvalue weighted by atomic mass is 10.3. The SMILES string of the molecule is C=C/C(O)=C\C(=C/C)OCF. The van der Waals surface area contributed by atoms with E-state index in [4.69, 9.17) is 5.11 Å². The first-order chi connectivity index (χ1) is 5.24. The fourth-order valence-corrected chi connectivity index (χ4v) is 0.476. The maximum atomic E-state index is 11.6. The lowest BCUT2D eigenvalue weighted by Crippen LogP contribution is -1.87. The van der Waals surface area contributed by atoms with Crippen molar-refractivity contribution in [2.75, 3.05) is 6.86 Å². The molecule has 3 heteroatoms. The molecule has 0 saturated heterocycles. The Kier molecular flexibility index (Phi) is 4.90. The molecule has 0 bridgehead atoms. The van der Waals surface area contributed by atoms with Gasteiger partial charge >= 0.3 is 0 Å².